The maximum Gasteiger partial charge on any atom is 0.134 e. The zero-order chi connectivity index (χ0) is 12.3. The molecule has 0 heterocycles. The van der Waals surface area contributed by atoms with Crippen LogP contribution in [0.3, 0.4) is 0 Å². The molecular weight excluding hydrogens is 236 g/mol. The summed E-state index contributed by atoms with van der Waals surface area (Å²) in [7, 11) is 0. The fourth-order valence-electron chi connectivity index (χ4n) is 1.56. The molecule has 1 atom stereocenters. The van der Waals surface area contributed by atoms with Crippen LogP contribution in [0.15, 0.2) is 48.5 Å². The first-order chi connectivity index (χ1) is 8.16. The van der Waals surface area contributed by atoms with Crippen molar-refractivity contribution in [3.63, 3.8) is 0 Å². The summed E-state index contributed by atoms with van der Waals surface area (Å²) in [4.78, 5) is 0. The molecule has 1 N–H and O–H groups in total. The van der Waals surface area contributed by atoms with Crippen LogP contribution in [0.2, 0.25) is 5.02 Å². The van der Waals surface area contributed by atoms with E-state index in [2.05, 4.69) is 0 Å². The van der Waals surface area contributed by atoms with Crippen LogP contribution in [0.1, 0.15) is 18.6 Å². The third kappa shape index (κ3) is 2.92. The summed E-state index contributed by atoms with van der Waals surface area (Å²) in [5.74, 6) is 0.704. The molecule has 0 bridgehead atoms. The third-order valence-corrected chi connectivity index (χ3v) is 2.80. The zero-order valence-corrected chi connectivity index (χ0v) is 10.2. The average Bonchev–Trinajstić information content (AvgIpc) is 2.35. The van der Waals surface area contributed by atoms with Gasteiger partial charge in [0.2, 0.25) is 0 Å². The summed E-state index contributed by atoms with van der Waals surface area (Å²) in [6.45, 7) is 1.97. The normalized spacial score (nSPS) is 12.1. The van der Waals surface area contributed by atoms with E-state index in [0.29, 0.717) is 10.8 Å². The number of hydrogen-bond acceptors (Lipinski definition) is 2. The lowest BCUT2D eigenvalue weighted by atomic mass is 10.1. The van der Waals surface area contributed by atoms with E-state index in [9.17, 15) is 5.11 Å². The van der Waals surface area contributed by atoms with Crippen LogP contribution in [0.4, 0.5) is 0 Å². The van der Waals surface area contributed by atoms with Crippen LogP contribution < -0.4 is 4.74 Å². The molecule has 3 heteroatoms. The van der Waals surface area contributed by atoms with Crippen molar-refractivity contribution >= 4 is 11.6 Å². The van der Waals surface area contributed by atoms with E-state index in [-0.39, 0.29) is 11.9 Å². The quantitative estimate of drug-likeness (QED) is 0.883. The summed E-state index contributed by atoms with van der Waals surface area (Å²) in [6.07, 6.45) is -0.0585. The van der Waals surface area contributed by atoms with Crippen molar-refractivity contribution in [3.8, 4) is 11.5 Å². The lowest BCUT2D eigenvalue weighted by molar-refractivity contribution is 0.226. The monoisotopic (exact) mass is 248 g/mol. The van der Waals surface area contributed by atoms with Crippen LogP contribution in [-0.4, -0.2) is 5.11 Å². The van der Waals surface area contributed by atoms with Crippen LogP contribution in [0.25, 0.3) is 0 Å². The van der Waals surface area contributed by atoms with E-state index in [0.717, 1.165) is 5.56 Å². The molecule has 0 saturated heterocycles. The number of halogens is 1. The van der Waals surface area contributed by atoms with Crippen molar-refractivity contribution in [2.45, 2.75) is 13.0 Å². The maximum atomic E-state index is 9.31. The van der Waals surface area contributed by atoms with Crippen LogP contribution >= 0.6 is 11.6 Å². The van der Waals surface area contributed by atoms with Gasteiger partial charge in [-0.05, 0) is 24.6 Å². The number of hydrogen-bond donors (Lipinski definition) is 1. The van der Waals surface area contributed by atoms with E-state index in [1.165, 1.54) is 6.07 Å². The lowest BCUT2D eigenvalue weighted by Crippen LogP contribution is -2.02. The predicted octanol–water partition coefficient (Wildman–Crippen LogP) is 4.19. The second-order valence-electron chi connectivity index (χ2n) is 3.78. The van der Waals surface area contributed by atoms with Gasteiger partial charge in [0.05, 0.1) is 5.02 Å². The van der Waals surface area contributed by atoms with Crippen molar-refractivity contribution < 1.29 is 9.84 Å². The minimum Gasteiger partial charge on any atom is -0.506 e. The molecule has 2 aromatic carbocycles. The number of benzene rings is 2. The van der Waals surface area contributed by atoms with Gasteiger partial charge in [-0.2, -0.15) is 0 Å². The fourth-order valence-corrected chi connectivity index (χ4v) is 1.73. The molecule has 0 fully saturated rings. The zero-order valence-electron chi connectivity index (χ0n) is 9.43. The first kappa shape index (κ1) is 11.8. The number of ether oxygens (including phenoxy) is 1. The van der Waals surface area contributed by atoms with Crippen LogP contribution in [0, 0.1) is 0 Å². The van der Waals surface area contributed by atoms with E-state index in [1.807, 2.05) is 37.3 Å². The van der Waals surface area contributed by atoms with Crippen molar-refractivity contribution in [3.05, 3.63) is 59.1 Å². The van der Waals surface area contributed by atoms with Crippen LogP contribution in [0.5, 0.6) is 11.5 Å². The average molecular weight is 249 g/mol. The maximum absolute atomic E-state index is 9.31. The highest BCUT2D eigenvalue weighted by Crippen LogP contribution is 2.29. The molecule has 88 valence electrons. The Balaban J connectivity index is 2.13. The smallest absolute Gasteiger partial charge is 0.134 e. The van der Waals surface area contributed by atoms with Gasteiger partial charge >= 0.3 is 0 Å². The van der Waals surface area contributed by atoms with Crippen molar-refractivity contribution in [2.75, 3.05) is 0 Å². The molecule has 2 rings (SSSR count). The van der Waals surface area contributed by atoms with E-state index in [4.69, 9.17) is 16.3 Å². The molecule has 0 amide bonds. The highest BCUT2D eigenvalue weighted by Gasteiger charge is 2.07. The SMILES string of the molecule is CC(Oc1ccc(O)c(Cl)c1)c1ccccc1. The number of rotatable bonds is 3. The minimum atomic E-state index is -0.0585. The molecule has 0 aliphatic carbocycles. The largest absolute Gasteiger partial charge is 0.506 e. The Morgan fingerprint density at radius 1 is 1.12 bits per heavy atom. The highest BCUT2D eigenvalue weighted by atomic mass is 35.5. The summed E-state index contributed by atoms with van der Waals surface area (Å²) >= 11 is 5.81. The number of phenols is 1. The van der Waals surface area contributed by atoms with Gasteiger partial charge in [-0.1, -0.05) is 41.9 Å². The first-order valence-electron chi connectivity index (χ1n) is 5.37. The summed E-state index contributed by atoms with van der Waals surface area (Å²) in [5.41, 5.74) is 1.09. The van der Waals surface area contributed by atoms with Crippen molar-refractivity contribution in [1.29, 1.82) is 0 Å². The molecule has 0 aliphatic rings. The van der Waals surface area contributed by atoms with Gasteiger partial charge in [0, 0.05) is 6.07 Å². The van der Waals surface area contributed by atoms with Gasteiger partial charge in [0.15, 0.2) is 0 Å². The Labute approximate surface area is 105 Å². The molecular formula is C14H13ClO2. The summed E-state index contributed by atoms with van der Waals surface area (Å²) in [6, 6.07) is 14.7. The molecule has 1 unspecified atom stereocenters. The van der Waals surface area contributed by atoms with E-state index >= 15 is 0 Å². The van der Waals surface area contributed by atoms with Gasteiger partial charge in [-0.15, -0.1) is 0 Å². The van der Waals surface area contributed by atoms with Gasteiger partial charge in [-0.25, -0.2) is 0 Å². The van der Waals surface area contributed by atoms with Crippen molar-refractivity contribution in [1.82, 2.24) is 0 Å². The topological polar surface area (TPSA) is 29.5 Å². The fraction of sp³-hybridized carbons (Fsp3) is 0.143. The molecule has 0 radical (unpaired) electrons. The van der Waals surface area contributed by atoms with Crippen molar-refractivity contribution in [2.24, 2.45) is 0 Å². The van der Waals surface area contributed by atoms with Gasteiger partial charge < -0.3 is 9.84 Å². The first-order valence-corrected chi connectivity index (χ1v) is 5.75. The van der Waals surface area contributed by atoms with Crippen LogP contribution in [-0.2, 0) is 0 Å². The Bertz CT molecular complexity index is 497. The standard InChI is InChI=1S/C14H13ClO2/c1-10(11-5-3-2-4-6-11)17-12-7-8-14(16)13(15)9-12/h2-10,16H,1H3. The summed E-state index contributed by atoms with van der Waals surface area (Å²) in [5, 5.41) is 9.60. The highest BCUT2D eigenvalue weighted by molar-refractivity contribution is 6.32. The Hall–Kier alpha value is -1.67. The predicted molar refractivity (Wildman–Crippen MR) is 68.6 cm³/mol. The Morgan fingerprint density at radius 2 is 1.82 bits per heavy atom. The van der Waals surface area contributed by atoms with E-state index in [1.54, 1.807) is 12.1 Å². The number of phenolic OH excluding ortho intramolecular Hbond substituents is 1. The molecule has 0 saturated carbocycles. The third-order valence-electron chi connectivity index (χ3n) is 2.50. The van der Waals surface area contributed by atoms with Gasteiger partial charge in [0.25, 0.3) is 0 Å². The molecule has 17 heavy (non-hydrogen) atoms. The second-order valence-corrected chi connectivity index (χ2v) is 4.19. The lowest BCUT2D eigenvalue weighted by Gasteiger charge is -2.15. The number of aromatic hydroxyl groups is 1. The Kier molecular flexibility index (Phi) is 3.55. The van der Waals surface area contributed by atoms with E-state index < -0.39 is 0 Å². The molecule has 0 spiro atoms. The summed E-state index contributed by atoms with van der Waals surface area (Å²) < 4.78 is 5.74. The molecule has 0 aliphatic heterocycles. The molecule has 0 aromatic heterocycles. The minimum absolute atomic E-state index is 0.0585. The van der Waals surface area contributed by atoms with Gasteiger partial charge in [-0.3, -0.25) is 0 Å². The molecule has 2 nitrogen and oxygen atoms in total. The second kappa shape index (κ2) is 5.11. The Morgan fingerprint density at radius 3 is 2.47 bits per heavy atom. The molecule has 2 aromatic rings. The van der Waals surface area contributed by atoms with Gasteiger partial charge in [0.1, 0.15) is 17.6 Å².